The zero-order chi connectivity index (χ0) is 21.8. The number of nitro groups is 1. The Hall–Kier alpha value is -3.66. The second-order valence-corrected chi connectivity index (χ2v) is 7.11. The highest BCUT2D eigenvalue weighted by atomic mass is 32.2. The summed E-state index contributed by atoms with van der Waals surface area (Å²) in [5, 5.41) is 11.6. The molecule has 0 N–H and O–H groups in total. The Morgan fingerprint density at radius 3 is 2.50 bits per heavy atom. The highest BCUT2D eigenvalue weighted by molar-refractivity contribution is 8.18. The molecule has 2 aromatic carbocycles. The largest absolute Gasteiger partial charge is 0.490 e. The number of carbonyl (C=O) groups excluding carboxylic acids is 2. The van der Waals surface area contributed by atoms with E-state index in [1.807, 2.05) is 0 Å². The fourth-order valence-corrected chi connectivity index (χ4v) is 3.63. The average Bonchev–Trinajstić information content (AvgIpc) is 3.01. The topological polar surface area (TPSA) is 111 Å². The molecule has 30 heavy (non-hydrogen) atoms. The van der Waals surface area contributed by atoms with Gasteiger partial charge in [-0.2, -0.15) is 0 Å². The van der Waals surface area contributed by atoms with Gasteiger partial charge in [0.25, 0.3) is 5.91 Å². The molecule has 0 spiro atoms. The predicted molar refractivity (Wildman–Crippen MR) is 113 cm³/mol. The maximum Gasteiger partial charge on any atom is 0.337 e. The first-order valence-electron chi connectivity index (χ1n) is 8.61. The van der Waals surface area contributed by atoms with E-state index in [-0.39, 0.29) is 17.3 Å². The molecule has 0 unspecified atom stereocenters. The zero-order valence-corrected chi connectivity index (χ0v) is 17.1. The minimum atomic E-state index is -0.540. The monoisotopic (exact) mass is 427 g/mol. The summed E-state index contributed by atoms with van der Waals surface area (Å²) in [5.41, 5.74) is 1.27. The van der Waals surface area contributed by atoms with E-state index >= 15 is 0 Å². The number of nitrogens with zero attached hydrogens (tertiary/aromatic N) is 3. The molecule has 1 aliphatic rings. The van der Waals surface area contributed by atoms with Crippen LogP contribution in [0.25, 0.3) is 6.08 Å². The number of amides is 1. The van der Waals surface area contributed by atoms with E-state index in [1.54, 1.807) is 43.5 Å². The standard InChI is InChI=1S/C20H17N3O6S/c1-22-18(24)17(11-12-4-9-16(28-2)15(10-12)23(26)27)30-20(22)21-14-7-5-13(6-8-14)19(25)29-3/h4-11H,1-3H3/b17-11-,21-20?. The molecule has 0 radical (unpaired) electrons. The molecule has 0 atom stereocenters. The van der Waals surface area contributed by atoms with E-state index in [0.29, 0.717) is 26.9 Å². The molecule has 2 aromatic rings. The number of likely N-dealkylation sites (N-methyl/N-ethyl adjacent to an activating group) is 1. The number of carbonyl (C=O) groups is 2. The zero-order valence-electron chi connectivity index (χ0n) is 16.3. The summed E-state index contributed by atoms with van der Waals surface area (Å²) in [6.45, 7) is 0. The number of thioether (sulfide) groups is 1. The summed E-state index contributed by atoms with van der Waals surface area (Å²) in [6, 6.07) is 10.9. The summed E-state index contributed by atoms with van der Waals surface area (Å²) in [7, 11) is 4.25. The summed E-state index contributed by atoms with van der Waals surface area (Å²) in [4.78, 5) is 41.0. The van der Waals surface area contributed by atoms with Gasteiger partial charge >= 0.3 is 11.7 Å². The van der Waals surface area contributed by atoms with Crippen molar-refractivity contribution in [3.63, 3.8) is 0 Å². The maximum atomic E-state index is 12.6. The molecule has 3 rings (SSSR count). The lowest BCUT2D eigenvalue weighted by atomic mass is 10.1. The van der Waals surface area contributed by atoms with E-state index in [4.69, 9.17) is 4.74 Å². The third kappa shape index (κ3) is 4.33. The number of aliphatic imine (C=N–C) groups is 1. The quantitative estimate of drug-likeness (QED) is 0.310. The number of hydrogen-bond donors (Lipinski definition) is 0. The maximum absolute atomic E-state index is 12.6. The van der Waals surface area contributed by atoms with Gasteiger partial charge in [0.05, 0.1) is 35.3 Å². The molecular weight excluding hydrogens is 410 g/mol. The van der Waals surface area contributed by atoms with Gasteiger partial charge in [-0.15, -0.1) is 0 Å². The van der Waals surface area contributed by atoms with Crippen LogP contribution in [0.3, 0.4) is 0 Å². The van der Waals surface area contributed by atoms with E-state index in [1.165, 1.54) is 31.3 Å². The van der Waals surface area contributed by atoms with Crippen LogP contribution in [0.2, 0.25) is 0 Å². The Morgan fingerprint density at radius 1 is 1.20 bits per heavy atom. The number of esters is 1. The minimum Gasteiger partial charge on any atom is -0.490 e. The van der Waals surface area contributed by atoms with Crippen LogP contribution in [-0.2, 0) is 9.53 Å². The van der Waals surface area contributed by atoms with Crippen LogP contribution < -0.4 is 4.74 Å². The van der Waals surface area contributed by atoms with Gasteiger partial charge in [-0.1, -0.05) is 6.07 Å². The smallest absolute Gasteiger partial charge is 0.337 e. The van der Waals surface area contributed by atoms with Gasteiger partial charge in [-0.05, 0) is 53.7 Å². The first kappa shape index (κ1) is 21.1. The van der Waals surface area contributed by atoms with Gasteiger partial charge in [-0.3, -0.25) is 19.8 Å². The summed E-state index contributed by atoms with van der Waals surface area (Å²) >= 11 is 1.15. The van der Waals surface area contributed by atoms with Crippen molar-refractivity contribution in [1.82, 2.24) is 4.90 Å². The number of ether oxygens (including phenoxy) is 2. The number of methoxy groups -OCH3 is 2. The first-order valence-corrected chi connectivity index (χ1v) is 9.42. The van der Waals surface area contributed by atoms with Crippen molar-refractivity contribution < 1.29 is 24.0 Å². The lowest BCUT2D eigenvalue weighted by Gasteiger charge is -2.07. The van der Waals surface area contributed by atoms with Gasteiger partial charge in [0.1, 0.15) is 0 Å². The molecule has 0 aliphatic carbocycles. The minimum absolute atomic E-state index is 0.141. The van der Waals surface area contributed by atoms with E-state index in [9.17, 15) is 19.7 Å². The Bertz CT molecular complexity index is 1080. The van der Waals surface area contributed by atoms with Gasteiger partial charge in [-0.25, -0.2) is 9.79 Å². The Kier molecular flexibility index (Phi) is 6.17. The Morgan fingerprint density at radius 2 is 1.90 bits per heavy atom. The highest BCUT2D eigenvalue weighted by Gasteiger charge is 2.30. The van der Waals surface area contributed by atoms with Crippen molar-refractivity contribution in [2.45, 2.75) is 0 Å². The van der Waals surface area contributed by atoms with E-state index in [2.05, 4.69) is 9.73 Å². The molecule has 1 heterocycles. The molecule has 1 saturated heterocycles. The molecule has 1 fully saturated rings. The molecule has 9 nitrogen and oxygen atoms in total. The SMILES string of the molecule is COC(=O)c1ccc(N=C2S/C(=C\c3ccc(OC)c([N+](=O)[O-])c3)C(=O)N2C)cc1. The highest BCUT2D eigenvalue weighted by Crippen LogP contribution is 2.35. The van der Waals surface area contributed by atoms with Crippen LogP contribution in [0.5, 0.6) is 5.75 Å². The Balaban J connectivity index is 1.87. The van der Waals surface area contributed by atoms with Gasteiger partial charge in [0.2, 0.25) is 0 Å². The summed E-state index contributed by atoms with van der Waals surface area (Å²) in [5.74, 6) is -0.582. The molecule has 0 saturated carbocycles. The third-order valence-electron chi connectivity index (χ3n) is 4.21. The van der Waals surface area contributed by atoms with Gasteiger partial charge in [0, 0.05) is 13.1 Å². The Labute approximate surface area is 176 Å². The fourth-order valence-electron chi connectivity index (χ4n) is 2.64. The number of benzene rings is 2. The normalized spacial score (nSPS) is 16.2. The van der Waals surface area contributed by atoms with Crippen molar-refractivity contribution >= 4 is 46.3 Å². The van der Waals surface area contributed by atoms with Gasteiger partial charge in [0.15, 0.2) is 10.9 Å². The second kappa shape index (κ2) is 8.78. The summed E-state index contributed by atoms with van der Waals surface area (Å²) in [6.07, 6.45) is 1.57. The van der Waals surface area contributed by atoms with Crippen LogP contribution in [-0.4, -0.2) is 48.1 Å². The molecule has 154 valence electrons. The first-order chi connectivity index (χ1) is 14.3. The van der Waals surface area contributed by atoms with E-state index in [0.717, 1.165) is 11.8 Å². The molecule has 1 aliphatic heterocycles. The lowest BCUT2D eigenvalue weighted by molar-refractivity contribution is -0.385. The van der Waals surface area contributed by atoms with Gasteiger partial charge < -0.3 is 9.47 Å². The van der Waals surface area contributed by atoms with Crippen molar-refractivity contribution in [1.29, 1.82) is 0 Å². The molecule has 1 amide bonds. The van der Waals surface area contributed by atoms with Crippen molar-refractivity contribution in [2.75, 3.05) is 21.3 Å². The van der Waals surface area contributed by atoms with Crippen molar-refractivity contribution in [3.8, 4) is 5.75 Å². The van der Waals surface area contributed by atoms with Crippen LogP contribution in [0.1, 0.15) is 15.9 Å². The molecule has 0 bridgehead atoms. The number of rotatable bonds is 5. The van der Waals surface area contributed by atoms with Crippen molar-refractivity contribution in [3.05, 3.63) is 68.6 Å². The molecule has 0 aromatic heterocycles. The summed E-state index contributed by atoms with van der Waals surface area (Å²) < 4.78 is 9.65. The van der Waals surface area contributed by atoms with Crippen LogP contribution in [0.15, 0.2) is 52.4 Å². The fraction of sp³-hybridized carbons (Fsp3) is 0.150. The molecular formula is C20H17N3O6S. The van der Waals surface area contributed by atoms with Crippen LogP contribution in [0.4, 0.5) is 11.4 Å². The molecule has 10 heteroatoms. The average molecular weight is 427 g/mol. The number of hydrogen-bond acceptors (Lipinski definition) is 8. The third-order valence-corrected chi connectivity index (χ3v) is 5.27. The van der Waals surface area contributed by atoms with Crippen LogP contribution >= 0.6 is 11.8 Å². The number of amidine groups is 1. The number of nitro benzene ring substituents is 1. The lowest BCUT2D eigenvalue weighted by Crippen LogP contribution is -2.23. The van der Waals surface area contributed by atoms with Crippen molar-refractivity contribution in [2.24, 2.45) is 4.99 Å². The van der Waals surface area contributed by atoms with Crippen LogP contribution in [0, 0.1) is 10.1 Å². The van der Waals surface area contributed by atoms with E-state index < -0.39 is 10.9 Å². The predicted octanol–water partition coefficient (Wildman–Crippen LogP) is 3.62. The second-order valence-electron chi connectivity index (χ2n) is 6.10.